The zero-order valence-electron chi connectivity index (χ0n) is 20.1. The van der Waals surface area contributed by atoms with E-state index in [1.54, 1.807) is 0 Å². The molecule has 16 heteroatoms. The van der Waals surface area contributed by atoms with Gasteiger partial charge in [0.2, 0.25) is 10.0 Å². The van der Waals surface area contributed by atoms with E-state index < -0.39 is 27.0 Å². The minimum atomic E-state index is -4.13. The van der Waals surface area contributed by atoms with Crippen LogP contribution < -0.4 is 9.62 Å². The van der Waals surface area contributed by atoms with Gasteiger partial charge in [-0.1, -0.05) is 22.9 Å². The molecule has 3 aliphatic rings. The van der Waals surface area contributed by atoms with Gasteiger partial charge in [-0.05, 0) is 25.8 Å². The van der Waals surface area contributed by atoms with Gasteiger partial charge in [-0.25, -0.2) is 22.2 Å². The maximum absolute atomic E-state index is 13.5. The first-order chi connectivity index (χ1) is 18.1. The third kappa shape index (κ3) is 4.42. The van der Waals surface area contributed by atoms with Crippen LogP contribution in [0, 0.1) is 11.3 Å². The molecule has 0 radical (unpaired) electrons. The van der Waals surface area contributed by atoms with Crippen molar-refractivity contribution in [1.29, 1.82) is 5.26 Å². The van der Waals surface area contributed by atoms with Crippen molar-refractivity contribution in [1.82, 2.24) is 29.2 Å². The molecule has 0 bridgehead atoms. The van der Waals surface area contributed by atoms with Gasteiger partial charge in [0, 0.05) is 31.9 Å². The quantitative estimate of drug-likeness (QED) is 0.465. The molecule has 0 spiro atoms. The number of piperazine rings is 1. The number of hydrogen-bond acceptors (Lipinski definition) is 10. The largest absolute Gasteiger partial charge is 0.378 e. The summed E-state index contributed by atoms with van der Waals surface area (Å²) in [6.07, 6.45) is -0.643. The molecule has 202 valence electrons. The lowest BCUT2D eigenvalue weighted by Crippen LogP contribution is -2.62. The van der Waals surface area contributed by atoms with E-state index in [4.69, 9.17) is 16.3 Å². The normalized spacial score (nSPS) is 23.5. The average molecular weight is 585 g/mol. The molecule has 0 amide bonds. The highest BCUT2D eigenvalue weighted by atomic mass is 35.5. The van der Waals surface area contributed by atoms with E-state index in [9.17, 15) is 22.5 Å². The number of hydrogen-bond donors (Lipinski definition) is 1. The fourth-order valence-corrected chi connectivity index (χ4v) is 7.46. The number of imidazole rings is 1. The molecule has 5 heterocycles. The summed E-state index contributed by atoms with van der Waals surface area (Å²) in [6, 6.07) is 3.81. The smallest absolute Gasteiger partial charge is 0.291 e. The van der Waals surface area contributed by atoms with E-state index >= 15 is 0 Å². The molecule has 1 N–H and O–H groups in total. The van der Waals surface area contributed by atoms with Crippen LogP contribution in [0.25, 0.3) is 16.3 Å². The molecule has 0 unspecified atom stereocenters. The van der Waals surface area contributed by atoms with Crippen LogP contribution in [0.4, 0.5) is 14.5 Å². The SMILES string of the molecule is C[C@H]1CN(c2cc(S(=O)(=O)NC3(C#N)CC3)cn3c(-c4nnc(C(F)F)s4)nc(Cl)c23)C[C@@H]2COCCN21. The Morgan fingerprint density at radius 3 is 2.82 bits per heavy atom. The summed E-state index contributed by atoms with van der Waals surface area (Å²) in [4.78, 5) is 8.70. The Morgan fingerprint density at radius 2 is 2.13 bits per heavy atom. The van der Waals surface area contributed by atoms with Gasteiger partial charge in [-0.3, -0.25) is 9.30 Å². The summed E-state index contributed by atoms with van der Waals surface area (Å²) >= 11 is 7.26. The molecule has 3 aromatic rings. The number of sulfonamides is 1. The van der Waals surface area contributed by atoms with Crippen LogP contribution in [0.15, 0.2) is 17.2 Å². The molecule has 0 aromatic carbocycles. The van der Waals surface area contributed by atoms with Gasteiger partial charge in [0.05, 0.1) is 31.0 Å². The van der Waals surface area contributed by atoms with Crippen LogP contribution >= 0.6 is 22.9 Å². The van der Waals surface area contributed by atoms with E-state index in [0.717, 1.165) is 6.54 Å². The number of nitriles is 1. The minimum Gasteiger partial charge on any atom is -0.378 e. The molecule has 1 aliphatic carbocycles. The number of rotatable bonds is 6. The third-order valence-electron chi connectivity index (χ3n) is 7.16. The first kappa shape index (κ1) is 25.8. The molecule has 3 fully saturated rings. The van der Waals surface area contributed by atoms with Crippen LogP contribution in [0.3, 0.4) is 0 Å². The van der Waals surface area contributed by atoms with Crippen molar-refractivity contribution < 1.29 is 21.9 Å². The van der Waals surface area contributed by atoms with Gasteiger partial charge in [-0.2, -0.15) is 9.98 Å². The number of aromatic nitrogens is 4. The molecule has 1 saturated carbocycles. The van der Waals surface area contributed by atoms with Crippen LogP contribution in [0.1, 0.15) is 31.2 Å². The summed E-state index contributed by atoms with van der Waals surface area (Å²) in [6.45, 7) is 5.27. The fourth-order valence-electron chi connectivity index (χ4n) is 5.11. The van der Waals surface area contributed by atoms with Crippen molar-refractivity contribution in [3.8, 4) is 16.9 Å². The Balaban J connectivity index is 1.51. The molecule has 2 atom stereocenters. The van der Waals surface area contributed by atoms with Gasteiger partial charge in [0.25, 0.3) is 6.43 Å². The van der Waals surface area contributed by atoms with Gasteiger partial charge < -0.3 is 9.64 Å². The summed E-state index contributed by atoms with van der Waals surface area (Å²) < 4.78 is 63.1. The Hall–Kier alpha value is -2.48. The second-order valence-corrected chi connectivity index (χ2v) is 12.8. The fraction of sp³-hybridized carbons (Fsp3) is 0.545. The Labute approximate surface area is 226 Å². The number of alkyl halides is 2. The van der Waals surface area contributed by atoms with Gasteiger partial charge in [0.15, 0.2) is 21.0 Å². The highest BCUT2D eigenvalue weighted by molar-refractivity contribution is 7.89. The molecule has 6 rings (SSSR count). The average Bonchev–Trinajstić information content (AvgIpc) is 3.32. The lowest BCUT2D eigenvalue weighted by atomic mass is 10.1. The van der Waals surface area contributed by atoms with Crippen LogP contribution in [-0.2, 0) is 14.8 Å². The number of nitrogens with zero attached hydrogens (tertiary/aromatic N) is 7. The Morgan fingerprint density at radius 1 is 1.34 bits per heavy atom. The lowest BCUT2D eigenvalue weighted by Gasteiger charge is -2.48. The van der Waals surface area contributed by atoms with Crippen molar-refractivity contribution in [3.63, 3.8) is 0 Å². The van der Waals surface area contributed by atoms with Crippen LogP contribution in [0.2, 0.25) is 5.15 Å². The van der Waals surface area contributed by atoms with E-state index in [-0.39, 0.29) is 33.0 Å². The molecular weight excluding hydrogens is 562 g/mol. The summed E-state index contributed by atoms with van der Waals surface area (Å²) in [7, 11) is -4.13. The van der Waals surface area contributed by atoms with E-state index in [2.05, 4.69) is 31.7 Å². The highest BCUT2D eigenvalue weighted by Crippen LogP contribution is 2.40. The molecule has 11 nitrogen and oxygen atoms in total. The number of ether oxygens (including phenoxy) is 1. The number of pyridine rings is 1. The van der Waals surface area contributed by atoms with E-state index in [1.807, 2.05) is 11.0 Å². The molecule has 2 aliphatic heterocycles. The van der Waals surface area contributed by atoms with Gasteiger partial charge in [-0.15, -0.1) is 10.2 Å². The summed E-state index contributed by atoms with van der Waals surface area (Å²) in [5, 5.41) is 16.5. The van der Waals surface area contributed by atoms with Crippen molar-refractivity contribution in [2.45, 2.75) is 48.7 Å². The summed E-state index contributed by atoms with van der Waals surface area (Å²) in [5.41, 5.74) is -0.184. The Bertz CT molecular complexity index is 1550. The second kappa shape index (κ2) is 9.32. The van der Waals surface area contributed by atoms with Crippen molar-refractivity contribution in [3.05, 3.63) is 22.4 Å². The monoisotopic (exact) mass is 584 g/mol. The minimum absolute atomic E-state index is 0.0743. The predicted molar refractivity (Wildman–Crippen MR) is 135 cm³/mol. The molecular formula is C22H23ClF2N8O3S2. The van der Waals surface area contributed by atoms with Crippen LogP contribution in [-0.4, -0.2) is 83.4 Å². The Kier molecular flexibility index (Phi) is 6.32. The molecule has 38 heavy (non-hydrogen) atoms. The topological polar surface area (TPSA) is 129 Å². The van der Waals surface area contributed by atoms with Gasteiger partial charge in [0.1, 0.15) is 16.0 Å². The number of fused-ring (bicyclic) bond motifs is 2. The maximum Gasteiger partial charge on any atom is 0.291 e. The molecule has 2 saturated heterocycles. The second-order valence-electron chi connectivity index (χ2n) is 9.77. The number of morpholine rings is 1. The van der Waals surface area contributed by atoms with Gasteiger partial charge >= 0.3 is 0 Å². The van der Waals surface area contributed by atoms with Crippen molar-refractivity contribution in [2.75, 3.05) is 37.7 Å². The zero-order chi connectivity index (χ0) is 26.8. The van der Waals surface area contributed by atoms with E-state index in [0.29, 0.717) is 61.7 Å². The lowest BCUT2D eigenvalue weighted by molar-refractivity contribution is -0.0317. The van der Waals surface area contributed by atoms with Crippen LogP contribution in [0.5, 0.6) is 0 Å². The summed E-state index contributed by atoms with van der Waals surface area (Å²) in [5.74, 6) is 0.0989. The third-order valence-corrected chi connectivity index (χ3v) is 9.86. The standard InChI is InChI=1S/C22H23ClF2N8O3S2/c1-12-7-31(8-13-10-36-5-4-32(12)13)15-6-14(38(34,35)30-22(11-26)2-3-22)9-33-16(15)17(23)27-19(33)21-29-28-20(37-21)18(24)25/h6,9,12-13,18,30H,2-5,7-8,10H2,1H3/t12-,13+/m0/s1. The maximum atomic E-state index is 13.5. The predicted octanol–water partition coefficient (Wildman–Crippen LogP) is 2.69. The first-order valence-electron chi connectivity index (χ1n) is 12.0. The number of anilines is 1. The van der Waals surface area contributed by atoms with Crippen molar-refractivity contribution >= 4 is 44.2 Å². The molecule has 3 aromatic heterocycles. The number of halogens is 3. The van der Waals surface area contributed by atoms with Crippen molar-refractivity contribution in [2.24, 2.45) is 0 Å². The first-order valence-corrected chi connectivity index (χ1v) is 14.7. The zero-order valence-corrected chi connectivity index (χ0v) is 22.5. The highest BCUT2D eigenvalue weighted by Gasteiger charge is 2.47. The van der Waals surface area contributed by atoms with E-state index in [1.165, 1.54) is 16.7 Å². The number of nitrogens with one attached hydrogen (secondary N) is 1.